The van der Waals surface area contributed by atoms with Crippen LogP contribution >= 0.6 is 0 Å². The molecule has 0 aromatic heterocycles. The molecule has 0 amide bonds. The topological polar surface area (TPSA) is 0 Å². The van der Waals surface area contributed by atoms with Crippen LogP contribution in [0.25, 0.3) is 0 Å². The van der Waals surface area contributed by atoms with Crippen LogP contribution in [0, 0.1) is 6.42 Å². The molecule has 0 heteroatoms. The zero-order chi connectivity index (χ0) is 8.93. The summed E-state index contributed by atoms with van der Waals surface area (Å²) >= 11 is 0. The molecular weight excluding hydrogens is 156 g/mol. The minimum atomic E-state index is 1.30. The smallest absolute Gasteiger partial charge is 0.0110 e. The maximum atomic E-state index is 2.44. The molecule has 0 spiro atoms. The molecule has 0 nitrogen and oxygen atoms in total. The van der Waals surface area contributed by atoms with E-state index in [1.165, 1.54) is 51.4 Å². The molecule has 0 N–H and O–H groups in total. The molecule has 0 aromatic rings. The van der Waals surface area contributed by atoms with Crippen molar-refractivity contribution in [1.29, 1.82) is 0 Å². The van der Waals surface area contributed by atoms with Gasteiger partial charge >= 0.3 is 0 Å². The van der Waals surface area contributed by atoms with Crippen molar-refractivity contribution in [3.05, 3.63) is 29.7 Å². The molecule has 0 unspecified atom stereocenters. The fourth-order valence-corrected chi connectivity index (χ4v) is 2.23. The van der Waals surface area contributed by atoms with E-state index in [-0.39, 0.29) is 0 Å². The van der Waals surface area contributed by atoms with Crippen LogP contribution in [0.4, 0.5) is 0 Å². The van der Waals surface area contributed by atoms with Gasteiger partial charge in [-0.3, -0.25) is 0 Å². The second kappa shape index (κ2) is 4.64. The van der Waals surface area contributed by atoms with E-state index >= 15 is 0 Å². The van der Waals surface area contributed by atoms with Gasteiger partial charge in [0.05, 0.1) is 0 Å². The van der Waals surface area contributed by atoms with Crippen molar-refractivity contribution in [2.45, 2.75) is 51.4 Å². The molecule has 2 rings (SSSR count). The van der Waals surface area contributed by atoms with Crippen LogP contribution in [0.1, 0.15) is 51.4 Å². The predicted octanol–water partition coefficient (Wildman–Crippen LogP) is 4.19. The second-order valence-corrected chi connectivity index (χ2v) is 4.19. The highest BCUT2D eigenvalue weighted by atomic mass is 14.1. The molecule has 0 aliphatic heterocycles. The second-order valence-electron chi connectivity index (χ2n) is 4.19. The summed E-state index contributed by atoms with van der Waals surface area (Å²) in [6, 6.07) is 0. The third-order valence-corrected chi connectivity index (χ3v) is 3.02. The van der Waals surface area contributed by atoms with Gasteiger partial charge in [0.2, 0.25) is 0 Å². The Kier molecular flexibility index (Phi) is 3.23. The van der Waals surface area contributed by atoms with Crippen molar-refractivity contribution in [1.82, 2.24) is 0 Å². The molecule has 2 aliphatic rings. The highest BCUT2D eigenvalue weighted by Crippen LogP contribution is 2.27. The molecule has 0 heterocycles. The van der Waals surface area contributed by atoms with E-state index in [1.54, 1.807) is 11.1 Å². The van der Waals surface area contributed by atoms with E-state index in [2.05, 4.69) is 18.6 Å². The van der Waals surface area contributed by atoms with Crippen LogP contribution < -0.4 is 0 Å². The Bertz CT molecular complexity index is 196. The number of rotatable bonds is 2. The molecule has 0 aromatic carbocycles. The molecule has 0 atom stereocenters. The largest absolute Gasteiger partial charge is 0.0847 e. The fraction of sp³-hybridized carbons (Fsp3) is 0.615. The third-order valence-electron chi connectivity index (χ3n) is 3.02. The minimum Gasteiger partial charge on any atom is -0.0847 e. The summed E-state index contributed by atoms with van der Waals surface area (Å²) in [5.74, 6) is 0. The van der Waals surface area contributed by atoms with Crippen LogP contribution in [0.2, 0.25) is 0 Å². The van der Waals surface area contributed by atoms with Crippen LogP contribution in [0.15, 0.2) is 23.3 Å². The van der Waals surface area contributed by atoms with Gasteiger partial charge in [-0.2, -0.15) is 0 Å². The van der Waals surface area contributed by atoms with Crippen LogP contribution in [0.3, 0.4) is 0 Å². The third kappa shape index (κ3) is 2.72. The van der Waals surface area contributed by atoms with E-state index in [0.29, 0.717) is 0 Å². The molecule has 0 saturated heterocycles. The van der Waals surface area contributed by atoms with Crippen molar-refractivity contribution in [3.63, 3.8) is 0 Å². The Balaban J connectivity index is 1.88. The number of hydrogen-bond donors (Lipinski definition) is 0. The Morgan fingerprint density at radius 2 is 1.31 bits per heavy atom. The molecule has 13 heavy (non-hydrogen) atoms. The average molecular weight is 175 g/mol. The summed E-state index contributed by atoms with van der Waals surface area (Å²) in [7, 11) is 0. The Labute approximate surface area is 81.7 Å². The first-order valence-electron chi connectivity index (χ1n) is 5.68. The molecule has 0 bridgehead atoms. The van der Waals surface area contributed by atoms with Gasteiger partial charge in [-0.25, -0.2) is 0 Å². The monoisotopic (exact) mass is 175 g/mol. The number of allylic oxidation sites excluding steroid dienone is 4. The summed E-state index contributed by atoms with van der Waals surface area (Å²) in [6.45, 7) is 0. The zero-order valence-corrected chi connectivity index (χ0v) is 8.39. The Morgan fingerprint density at radius 3 is 1.69 bits per heavy atom. The minimum absolute atomic E-state index is 1.30. The van der Waals surface area contributed by atoms with E-state index in [9.17, 15) is 0 Å². The lowest BCUT2D eigenvalue weighted by atomic mass is 9.89. The molecular formula is C13H19. The molecule has 0 fully saturated rings. The van der Waals surface area contributed by atoms with Crippen molar-refractivity contribution >= 4 is 0 Å². The number of hydrogen-bond acceptors (Lipinski definition) is 0. The summed E-state index contributed by atoms with van der Waals surface area (Å²) in [5, 5.41) is 0. The van der Waals surface area contributed by atoms with Crippen LogP contribution in [-0.2, 0) is 0 Å². The van der Waals surface area contributed by atoms with Crippen LogP contribution in [-0.4, -0.2) is 0 Å². The highest BCUT2D eigenvalue weighted by Gasteiger charge is 2.08. The Hall–Kier alpha value is -0.520. The maximum absolute atomic E-state index is 2.44. The first-order valence-corrected chi connectivity index (χ1v) is 5.68. The first kappa shape index (κ1) is 9.05. The van der Waals surface area contributed by atoms with Crippen molar-refractivity contribution in [2.75, 3.05) is 0 Å². The summed E-state index contributed by atoms with van der Waals surface area (Å²) < 4.78 is 0. The SMILES string of the molecule is [CH](C1=CCCCC1)C1=CCCCC1. The van der Waals surface area contributed by atoms with Gasteiger partial charge in [-0.1, -0.05) is 23.3 Å². The van der Waals surface area contributed by atoms with Gasteiger partial charge in [0.25, 0.3) is 0 Å². The maximum Gasteiger partial charge on any atom is 0.0110 e. The Morgan fingerprint density at radius 1 is 0.769 bits per heavy atom. The lowest BCUT2D eigenvalue weighted by Crippen LogP contribution is -1.98. The lowest BCUT2D eigenvalue weighted by molar-refractivity contribution is 0.685. The molecule has 71 valence electrons. The fourth-order valence-electron chi connectivity index (χ4n) is 2.23. The van der Waals surface area contributed by atoms with Crippen molar-refractivity contribution in [3.8, 4) is 0 Å². The quantitative estimate of drug-likeness (QED) is 0.590. The van der Waals surface area contributed by atoms with Gasteiger partial charge in [-0.05, 0) is 51.4 Å². The van der Waals surface area contributed by atoms with Gasteiger partial charge < -0.3 is 0 Å². The van der Waals surface area contributed by atoms with E-state index in [0.717, 1.165) is 0 Å². The van der Waals surface area contributed by atoms with Crippen molar-refractivity contribution < 1.29 is 0 Å². The average Bonchev–Trinajstić information content (AvgIpc) is 2.21. The standard InChI is InChI=1S/C13H19/c1-3-7-12(8-4-1)11-13-9-5-2-6-10-13/h7,9,11H,1-6,8,10H2. The first-order chi connectivity index (χ1) is 6.45. The van der Waals surface area contributed by atoms with E-state index in [4.69, 9.17) is 0 Å². The predicted molar refractivity (Wildman–Crippen MR) is 57.4 cm³/mol. The summed E-state index contributed by atoms with van der Waals surface area (Å²) in [6.07, 6.45) is 18.1. The van der Waals surface area contributed by atoms with Crippen LogP contribution in [0.5, 0.6) is 0 Å². The van der Waals surface area contributed by atoms with Gasteiger partial charge in [0, 0.05) is 6.42 Å². The summed E-state index contributed by atoms with van der Waals surface area (Å²) in [4.78, 5) is 0. The normalized spacial score (nSPS) is 23.7. The van der Waals surface area contributed by atoms with Gasteiger partial charge in [0.1, 0.15) is 0 Å². The van der Waals surface area contributed by atoms with E-state index < -0.39 is 0 Å². The van der Waals surface area contributed by atoms with Gasteiger partial charge in [-0.15, -0.1) is 0 Å². The van der Waals surface area contributed by atoms with Gasteiger partial charge in [0.15, 0.2) is 0 Å². The molecule has 0 saturated carbocycles. The van der Waals surface area contributed by atoms with Crippen molar-refractivity contribution in [2.24, 2.45) is 0 Å². The molecule has 1 radical (unpaired) electrons. The van der Waals surface area contributed by atoms with E-state index in [1.807, 2.05) is 0 Å². The molecule has 2 aliphatic carbocycles. The summed E-state index contributed by atoms with van der Waals surface area (Å²) in [5.41, 5.74) is 3.19. The lowest BCUT2D eigenvalue weighted by Gasteiger charge is -2.16. The highest BCUT2D eigenvalue weighted by molar-refractivity contribution is 5.31. The zero-order valence-electron chi connectivity index (χ0n) is 8.39.